The van der Waals surface area contributed by atoms with E-state index in [1.807, 2.05) is 59.6 Å². The molecule has 12 nitrogen and oxygen atoms in total. The summed E-state index contributed by atoms with van der Waals surface area (Å²) in [6, 6.07) is 25.2. The maximum absolute atomic E-state index is 14.8. The van der Waals surface area contributed by atoms with Gasteiger partial charge in [-0.15, -0.1) is 0 Å². The van der Waals surface area contributed by atoms with Crippen LogP contribution < -0.4 is 19.5 Å². The molecule has 4 aromatic carbocycles. The summed E-state index contributed by atoms with van der Waals surface area (Å²) in [5.74, 6) is -0.518. The quantitative estimate of drug-likeness (QED) is 0.180. The summed E-state index contributed by atoms with van der Waals surface area (Å²) in [5, 5.41) is 16.0. The third-order valence-electron chi connectivity index (χ3n) is 10.7. The van der Waals surface area contributed by atoms with E-state index in [9.17, 15) is 18.8 Å². The first kappa shape index (κ1) is 39.0. The number of piperidine rings is 1. The normalized spacial score (nSPS) is 15.9. The van der Waals surface area contributed by atoms with Crippen LogP contribution in [-0.4, -0.2) is 117 Å². The summed E-state index contributed by atoms with van der Waals surface area (Å²) in [4.78, 5) is 43.5. The third-order valence-corrected chi connectivity index (χ3v) is 10.7. The number of urea groups is 1. The number of piperazine rings is 1. The van der Waals surface area contributed by atoms with Crippen LogP contribution in [0.2, 0.25) is 0 Å². The van der Waals surface area contributed by atoms with Crippen LogP contribution in [0.25, 0.3) is 22.3 Å². The highest BCUT2D eigenvalue weighted by molar-refractivity contribution is 6.05. The fourth-order valence-corrected chi connectivity index (χ4v) is 7.61. The van der Waals surface area contributed by atoms with E-state index < -0.39 is 11.5 Å². The van der Waals surface area contributed by atoms with E-state index in [1.165, 1.54) is 33.5 Å². The van der Waals surface area contributed by atoms with Crippen LogP contribution in [0.4, 0.5) is 9.18 Å². The smallest absolute Gasteiger partial charge is 0.318 e. The van der Waals surface area contributed by atoms with Gasteiger partial charge in [0.1, 0.15) is 5.82 Å². The fraction of sp³-hybridized carbons (Fsp3) is 0.357. The van der Waals surface area contributed by atoms with E-state index in [1.54, 1.807) is 35.2 Å². The number of nitrogens with zero attached hydrogens (tertiary/aromatic N) is 4. The van der Waals surface area contributed by atoms with Crippen LogP contribution in [0.1, 0.15) is 35.2 Å². The van der Waals surface area contributed by atoms with Gasteiger partial charge >= 0.3 is 12.0 Å². The minimum Gasteiger partial charge on any atom is -0.493 e. The first-order valence-electron chi connectivity index (χ1n) is 18.4. The molecule has 2 fully saturated rings. The summed E-state index contributed by atoms with van der Waals surface area (Å²) in [7, 11) is 6.26. The van der Waals surface area contributed by atoms with Crippen molar-refractivity contribution in [3.05, 3.63) is 102 Å². The molecule has 55 heavy (non-hydrogen) atoms. The second-order valence-corrected chi connectivity index (χ2v) is 13.8. The Kier molecular flexibility index (Phi) is 12.2. The molecule has 2 heterocycles. The standard InChI is InChI=1S/C42H48FN5O7/c1-45(48-22-19-42(20-23-48,30-10-6-5-7-11-30)44-41(52)47-26-24-46(25-27-47)21-18-36(49)50)40(51)34-28-35(53-2)38(54-3)39(55-4)37(34)33-13-9-8-12-32(33)29-14-16-31(43)17-15-29/h5-17,28H,18-27H2,1-4H3,(H,44,52)(H,49,50). The molecule has 13 heteroatoms. The number of carbonyl (C=O) groups is 3. The van der Waals surface area contributed by atoms with Gasteiger partial charge in [-0.05, 0) is 53.3 Å². The van der Waals surface area contributed by atoms with Crippen molar-refractivity contribution in [2.75, 3.05) is 74.2 Å². The molecule has 0 aliphatic carbocycles. The van der Waals surface area contributed by atoms with Gasteiger partial charge in [0.25, 0.3) is 5.91 Å². The Labute approximate surface area is 321 Å². The average molecular weight is 754 g/mol. The van der Waals surface area contributed by atoms with E-state index in [4.69, 9.17) is 19.3 Å². The Morgan fingerprint density at radius 3 is 2.02 bits per heavy atom. The number of methoxy groups -OCH3 is 3. The number of aliphatic carboxylic acids is 1. The van der Waals surface area contributed by atoms with Gasteiger partial charge < -0.3 is 29.5 Å². The predicted octanol–water partition coefficient (Wildman–Crippen LogP) is 5.97. The number of hydrogen-bond acceptors (Lipinski definition) is 8. The van der Waals surface area contributed by atoms with Gasteiger partial charge in [0.15, 0.2) is 11.5 Å². The molecule has 3 amide bonds. The number of halogens is 1. The minimum absolute atomic E-state index is 0.0704. The van der Waals surface area contributed by atoms with E-state index in [0.717, 1.165) is 16.7 Å². The van der Waals surface area contributed by atoms with Crippen molar-refractivity contribution < 1.29 is 38.1 Å². The molecule has 0 atom stereocenters. The SMILES string of the molecule is COc1cc(C(=O)N(C)N2CCC(NC(=O)N3CCN(CCC(=O)O)CC3)(c3ccccc3)CC2)c(-c2ccccc2-c2ccc(F)cc2)c(OC)c1OC. The van der Waals surface area contributed by atoms with Crippen LogP contribution in [0.5, 0.6) is 17.2 Å². The monoisotopic (exact) mass is 753 g/mol. The zero-order chi connectivity index (χ0) is 39.1. The van der Waals surface area contributed by atoms with Crippen LogP contribution in [0.15, 0.2) is 84.9 Å². The van der Waals surface area contributed by atoms with Gasteiger partial charge in [-0.1, -0.05) is 66.7 Å². The second kappa shape index (κ2) is 17.2. The summed E-state index contributed by atoms with van der Waals surface area (Å²) >= 11 is 0. The van der Waals surface area contributed by atoms with Crippen molar-refractivity contribution in [3.63, 3.8) is 0 Å². The lowest BCUT2D eigenvalue weighted by atomic mass is 9.81. The van der Waals surface area contributed by atoms with Gasteiger partial charge in [0.05, 0.1) is 38.9 Å². The number of rotatable bonds is 12. The van der Waals surface area contributed by atoms with Crippen LogP contribution in [0.3, 0.4) is 0 Å². The van der Waals surface area contributed by atoms with Crippen LogP contribution in [-0.2, 0) is 10.3 Å². The number of hydrazine groups is 1. The molecule has 0 unspecified atom stereocenters. The molecule has 0 spiro atoms. The fourth-order valence-electron chi connectivity index (χ4n) is 7.61. The van der Waals surface area contributed by atoms with Crippen LogP contribution in [0, 0.1) is 5.82 Å². The lowest BCUT2D eigenvalue weighted by Crippen LogP contribution is -2.60. The zero-order valence-corrected chi connectivity index (χ0v) is 31.7. The number of hydrogen-bond donors (Lipinski definition) is 2. The molecule has 2 aliphatic heterocycles. The molecule has 2 saturated heterocycles. The Balaban J connectivity index is 1.27. The van der Waals surface area contributed by atoms with Crippen molar-refractivity contribution >= 4 is 17.9 Å². The molecule has 2 aliphatic rings. The number of amides is 3. The predicted molar refractivity (Wildman–Crippen MR) is 207 cm³/mol. The lowest BCUT2D eigenvalue weighted by Gasteiger charge is -2.46. The largest absolute Gasteiger partial charge is 0.493 e. The maximum Gasteiger partial charge on any atom is 0.318 e. The Morgan fingerprint density at radius 2 is 1.42 bits per heavy atom. The van der Waals surface area contributed by atoms with Gasteiger partial charge in [0, 0.05) is 58.4 Å². The van der Waals surface area contributed by atoms with E-state index in [-0.39, 0.29) is 24.2 Å². The van der Waals surface area contributed by atoms with E-state index in [2.05, 4.69) is 10.2 Å². The Bertz CT molecular complexity index is 1980. The van der Waals surface area contributed by atoms with Crippen molar-refractivity contribution in [3.8, 4) is 39.5 Å². The maximum atomic E-state index is 14.8. The summed E-state index contributed by atoms with van der Waals surface area (Å²) in [5.41, 5.74) is 3.36. The lowest BCUT2D eigenvalue weighted by molar-refractivity contribution is -0.137. The zero-order valence-electron chi connectivity index (χ0n) is 31.7. The number of carboxylic acid groups (broad SMARTS) is 1. The Morgan fingerprint density at radius 1 is 0.800 bits per heavy atom. The number of nitrogens with one attached hydrogen (secondary N) is 1. The van der Waals surface area contributed by atoms with Crippen LogP contribution >= 0.6 is 0 Å². The number of carboxylic acids is 1. The summed E-state index contributed by atoms with van der Waals surface area (Å²) < 4.78 is 31.4. The number of benzene rings is 4. The average Bonchev–Trinajstić information content (AvgIpc) is 3.22. The highest BCUT2D eigenvalue weighted by Gasteiger charge is 2.41. The van der Waals surface area contributed by atoms with Crippen molar-refractivity contribution in [2.45, 2.75) is 24.8 Å². The van der Waals surface area contributed by atoms with Crippen molar-refractivity contribution in [1.82, 2.24) is 25.1 Å². The molecular formula is C42H48FN5O7. The molecule has 2 N–H and O–H groups in total. The second-order valence-electron chi connectivity index (χ2n) is 13.8. The molecule has 0 radical (unpaired) electrons. The van der Waals surface area contributed by atoms with Gasteiger partial charge in [-0.25, -0.2) is 14.2 Å². The molecule has 290 valence electrons. The molecular weight excluding hydrogens is 705 g/mol. The summed E-state index contributed by atoms with van der Waals surface area (Å²) in [6.07, 6.45) is 1.14. The number of carbonyl (C=O) groups excluding carboxylic acids is 2. The van der Waals surface area contributed by atoms with Crippen molar-refractivity contribution in [1.29, 1.82) is 0 Å². The molecule has 0 aromatic heterocycles. The minimum atomic E-state index is -0.834. The van der Waals surface area contributed by atoms with E-state index in [0.29, 0.717) is 92.6 Å². The van der Waals surface area contributed by atoms with E-state index >= 15 is 0 Å². The molecule has 0 saturated carbocycles. The highest BCUT2D eigenvalue weighted by atomic mass is 19.1. The first-order valence-corrected chi connectivity index (χ1v) is 18.4. The van der Waals surface area contributed by atoms with Gasteiger partial charge in [-0.3, -0.25) is 19.5 Å². The molecule has 6 rings (SSSR count). The van der Waals surface area contributed by atoms with Crippen molar-refractivity contribution in [2.24, 2.45) is 0 Å². The summed E-state index contributed by atoms with van der Waals surface area (Å²) in [6.45, 7) is 3.61. The topological polar surface area (TPSA) is 124 Å². The third kappa shape index (κ3) is 8.37. The van der Waals surface area contributed by atoms with Gasteiger partial charge in [0.2, 0.25) is 5.75 Å². The molecule has 0 bridgehead atoms. The van der Waals surface area contributed by atoms with Gasteiger partial charge in [-0.2, -0.15) is 0 Å². The molecule has 4 aromatic rings. The first-order chi connectivity index (χ1) is 26.6. The Hall–Kier alpha value is -5.66. The highest BCUT2D eigenvalue weighted by Crippen LogP contribution is 2.49. The number of ether oxygens (including phenoxy) is 3.